The minimum Gasteiger partial charge on any atom is -0.401 e. The van der Waals surface area contributed by atoms with Gasteiger partial charge in [0, 0.05) is 0 Å². The van der Waals surface area contributed by atoms with Crippen LogP contribution in [0.5, 0.6) is 0 Å². The second kappa shape index (κ2) is 3.78. The molecule has 0 aromatic heterocycles. The Bertz CT molecular complexity index is 237. The third-order valence-corrected chi connectivity index (χ3v) is 1.96. The number of esters is 1. The van der Waals surface area contributed by atoms with Gasteiger partial charge in [-0.1, -0.05) is 30.3 Å². The summed E-state index contributed by atoms with van der Waals surface area (Å²) >= 11 is 6.63. The molecule has 1 heterocycles. The predicted molar refractivity (Wildman–Crippen MR) is 45.6 cm³/mol. The van der Waals surface area contributed by atoms with E-state index in [9.17, 15) is 4.79 Å². The molecule has 0 saturated carbocycles. The van der Waals surface area contributed by atoms with E-state index in [0.717, 1.165) is 11.3 Å². The fourth-order valence-corrected chi connectivity index (χ4v) is 1.26. The maximum absolute atomic E-state index is 10.9. The van der Waals surface area contributed by atoms with Crippen molar-refractivity contribution in [2.24, 2.45) is 4.99 Å². The lowest BCUT2D eigenvalue weighted by molar-refractivity contribution is -0.130. The van der Waals surface area contributed by atoms with Crippen LogP contribution in [0.3, 0.4) is 0 Å². The molecule has 0 radical (unpaired) electrons. The molecule has 0 bridgehead atoms. The summed E-state index contributed by atoms with van der Waals surface area (Å²) in [5.41, 5.74) is 1.14. The van der Waals surface area contributed by atoms with Crippen molar-refractivity contribution >= 4 is 34.4 Å². The van der Waals surface area contributed by atoms with Gasteiger partial charge in [0.25, 0.3) is 0 Å². The molecule has 0 atom stereocenters. The number of aliphatic imine (C=N–C) groups is 1. The predicted octanol–water partition coefficient (Wildman–Crippen LogP) is 1.73. The van der Waals surface area contributed by atoms with Gasteiger partial charge in [0.15, 0.2) is 5.04 Å². The van der Waals surface area contributed by atoms with Gasteiger partial charge in [0.05, 0.1) is 5.54 Å². The van der Waals surface area contributed by atoms with Gasteiger partial charge in [-0.3, -0.25) is 0 Å². The van der Waals surface area contributed by atoms with E-state index >= 15 is 0 Å². The van der Waals surface area contributed by atoms with Crippen molar-refractivity contribution in [2.75, 3.05) is 5.75 Å². The van der Waals surface area contributed by atoms with Crippen LogP contribution in [0.2, 0.25) is 0 Å². The smallest absolute Gasteiger partial charge is 0.370 e. The van der Waals surface area contributed by atoms with E-state index in [2.05, 4.69) is 9.73 Å². The highest BCUT2D eigenvalue weighted by Gasteiger charge is 2.22. The zero-order chi connectivity index (χ0) is 8.27. The molecule has 5 heteroatoms. The average Bonchev–Trinajstić information content (AvgIpc) is 2.33. The van der Waals surface area contributed by atoms with Crippen LogP contribution in [0.4, 0.5) is 0 Å². The number of hydrogen-bond donors (Lipinski definition) is 0. The van der Waals surface area contributed by atoms with Gasteiger partial charge in [-0.25, -0.2) is 4.79 Å². The van der Waals surface area contributed by atoms with Crippen molar-refractivity contribution in [1.82, 2.24) is 0 Å². The summed E-state index contributed by atoms with van der Waals surface area (Å²) in [5, 5.41) is 0.374. The van der Waals surface area contributed by atoms with Crippen molar-refractivity contribution in [1.29, 1.82) is 0 Å². The fourth-order valence-electron chi connectivity index (χ4n) is 0.582. The molecule has 11 heavy (non-hydrogen) atoms. The van der Waals surface area contributed by atoms with Gasteiger partial charge in [0.1, 0.15) is 0 Å². The van der Waals surface area contributed by atoms with Crippen molar-refractivity contribution < 1.29 is 9.53 Å². The Kier molecular flexibility index (Phi) is 2.96. The van der Waals surface area contributed by atoms with E-state index in [4.69, 9.17) is 11.6 Å². The maximum atomic E-state index is 10.9. The molecule has 60 valence electrons. The highest BCUT2D eigenvalue weighted by molar-refractivity contribution is 8.15. The van der Waals surface area contributed by atoms with Crippen LogP contribution >= 0.6 is 23.4 Å². The lowest BCUT2D eigenvalue weighted by atomic mass is 10.8. The number of hydrogen-bond acceptors (Lipinski definition) is 4. The molecule has 0 unspecified atom stereocenters. The van der Waals surface area contributed by atoms with Crippen molar-refractivity contribution in [3.8, 4) is 0 Å². The number of rotatable bonds is 1. The van der Waals surface area contributed by atoms with E-state index in [-0.39, 0.29) is 5.88 Å². The first-order chi connectivity index (χ1) is 5.27. The van der Waals surface area contributed by atoms with Gasteiger partial charge in [-0.05, 0) is 5.75 Å². The third-order valence-electron chi connectivity index (χ3n) is 0.958. The first kappa shape index (κ1) is 8.62. The lowest BCUT2D eigenvalue weighted by Gasteiger charge is -1.89. The van der Waals surface area contributed by atoms with Gasteiger partial charge < -0.3 is 4.74 Å². The molecule has 1 aliphatic heterocycles. The molecule has 0 N–H and O–H groups in total. The number of carbonyl (C=O) groups excluding carboxylic acids is 1. The molecule has 1 rings (SSSR count). The Morgan fingerprint density at radius 2 is 2.55 bits per heavy atom. The molecular weight excluding hydrogens is 186 g/mol. The van der Waals surface area contributed by atoms with Crippen LogP contribution < -0.4 is 0 Å². The third kappa shape index (κ3) is 1.97. The second-order valence-electron chi connectivity index (χ2n) is 1.69. The van der Waals surface area contributed by atoms with Gasteiger partial charge in [-0.15, -0.1) is 0 Å². The molecule has 1 aliphatic rings. The summed E-state index contributed by atoms with van der Waals surface area (Å²) in [5.74, 6) is 0.556. The Balaban J connectivity index is 2.71. The van der Waals surface area contributed by atoms with Crippen LogP contribution in [0.15, 0.2) is 16.4 Å². The SMILES string of the molecule is CCSC1=N/C(=C\Cl)OC1=O. The summed E-state index contributed by atoms with van der Waals surface area (Å²) < 4.78 is 4.64. The Hall–Kier alpha value is -0.480. The van der Waals surface area contributed by atoms with Crippen LogP contribution in [0.1, 0.15) is 6.92 Å². The summed E-state index contributed by atoms with van der Waals surface area (Å²) in [6, 6.07) is 0. The molecule has 0 fully saturated rings. The summed E-state index contributed by atoms with van der Waals surface area (Å²) in [6.07, 6.45) is 0. The number of carbonyl (C=O) groups is 1. The van der Waals surface area contributed by atoms with E-state index in [1.807, 2.05) is 6.92 Å². The maximum Gasteiger partial charge on any atom is 0.370 e. The number of ether oxygens (including phenoxy) is 1. The zero-order valence-corrected chi connectivity index (χ0v) is 7.41. The first-order valence-electron chi connectivity index (χ1n) is 3.02. The minimum atomic E-state index is -0.413. The highest BCUT2D eigenvalue weighted by Crippen LogP contribution is 2.18. The van der Waals surface area contributed by atoms with Gasteiger partial charge in [-0.2, -0.15) is 4.99 Å². The lowest BCUT2D eigenvalue weighted by Crippen LogP contribution is -2.05. The van der Waals surface area contributed by atoms with E-state index in [1.165, 1.54) is 11.8 Å². The van der Waals surface area contributed by atoms with E-state index in [1.54, 1.807) is 0 Å². The van der Waals surface area contributed by atoms with Gasteiger partial charge >= 0.3 is 5.97 Å². The summed E-state index contributed by atoms with van der Waals surface area (Å²) in [7, 11) is 0. The van der Waals surface area contributed by atoms with Crippen molar-refractivity contribution in [3.63, 3.8) is 0 Å². The highest BCUT2D eigenvalue weighted by atomic mass is 35.5. The zero-order valence-electron chi connectivity index (χ0n) is 5.83. The molecular formula is C6H6ClNO2S. The summed E-state index contributed by atoms with van der Waals surface area (Å²) in [4.78, 5) is 14.7. The largest absolute Gasteiger partial charge is 0.401 e. The molecule has 3 nitrogen and oxygen atoms in total. The quantitative estimate of drug-likeness (QED) is 0.593. The molecule has 0 aromatic rings. The monoisotopic (exact) mass is 191 g/mol. The van der Waals surface area contributed by atoms with Gasteiger partial charge in [0.2, 0.25) is 5.88 Å². The van der Waals surface area contributed by atoms with Crippen molar-refractivity contribution in [2.45, 2.75) is 6.92 Å². The molecule has 0 aliphatic carbocycles. The van der Waals surface area contributed by atoms with Crippen LogP contribution in [-0.4, -0.2) is 16.8 Å². The standard InChI is InChI=1S/C6H6ClNO2S/c1-2-11-5-6(9)10-4(3-7)8-5/h3H,2H2,1H3/b4-3+. The average molecular weight is 192 g/mol. The summed E-state index contributed by atoms with van der Waals surface area (Å²) in [6.45, 7) is 1.93. The Morgan fingerprint density at radius 1 is 1.82 bits per heavy atom. The van der Waals surface area contributed by atoms with Crippen LogP contribution in [-0.2, 0) is 9.53 Å². The number of cyclic esters (lactones) is 1. The van der Waals surface area contributed by atoms with E-state index < -0.39 is 5.97 Å². The number of halogens is 1. The Labute approximate surface area is 73.5 Å². The van der Waals surface area contributed by atoms with E-state index in [0.29, 0.717) is 5.04 Å². The van der Waals surface area contributed by atoms with Crippen LogP contribution in [0, 0.1) is 0 Å². The Morgan fingerprint density at radius 3 is 3.00 bits per heavy atom. The topological polar surface area (TPSA) is 38.7 Å². The minimum absolute atomic E-state index is 0.174. The number of thioether (sulfide) groups is 1. The first-order valence-corrected chi connectivity index (χ1v) is 4.44. The molecule has 0 spiro atoms. The number of nitrogens with zero attached hydrogens (tertiary/aromatic N) is 1. The molecule has 0 saturated heterocycles. The van der Waals surface area contributed by atoms with Crippen molar-refractivity contribution in [3.05, 3.63) is 11.4 Å². The second-order valence-corrected chi connectivity index (χ2v) is 3.16. The fraction of sp³-hybridized carbons (Fsp3) is 0.333. The normalized spacial score (nSPS) is 20.4. The molecule has 0 aromatic carbocycles. The van der Waals surface area contributed by atoms with Crippen LogP contribution in [0.25, 0.3) is 0 Å². The molecule has 0 amide bonds.